The summed E-state index contributed by atoms with van der Waals surface area (Å²) >= 11 is 0. The third-order valence-corrected chi connectivity index (χ3v) is 3.96. The fourth-order valence-corrected chi connectivity index (χ4v) is 2.51. The third kappa shape index (κ3) is 4.58. The van der Waals surface area contributed by atoms with Gasteiger partial charge in [-0.1, -0.05) is 32.0 Å². The molecule has 0 aliphatic carbocycles. The van der Waals surface area contributed by atoms with Crippen molar-refractivity contribution in [3.8, 4) is 11.6 Å². The van der Waals surface area contributed by atoms with E-state index in [0.29, 0.717) is 17.3 Å². The van der Waals surface area contributed by atoms with E-state index in [9.17, 15) is 4.79 Å². The number of methoxy groups -OCH3 is 1. The second-order valence-electron chi connectivity index (χ2n) is 5.46. The maximum atomic E-state index is 12.6. The van der Waals surface area contributed by atoms with Crippen molar-refractivity contribution in [2.75, 3.05) is 38.6 Å². The van der Waals surface area contributed by atoms with Crippen LogP contribution >= 0.6 is 0 Å². The van der Waals surface area contributed by atoms with Gasteiger partial charge in [-0.3, -0.25) is 4.79 Å². The Balaban J connectivity index is 2.14. The number of hydrogen-bond acceptors (Lipinski definition) is 5. The fourth-order valence-electron chi connectivity index (χ4n) is 2.51. The normalized spacial score (nSPS) is 10.8. The molecule has 6 heteroatoms. The van der Waals surface area contributed by atoms with Crippen LogP contribution in [0.1, 0.15) is 20.3 Å². The van der Waals surface area contributed by atoms with Gasteiger partial charge in [0.25, 0.3) is 5.56 Å². The highest BCUT2D eigenvalue weighted by molar-refractivity contribution is 5.46. The Morgan fingerprint density at radius 3 is 2.54 bits per heavy atom. The largest absolute Gasteiger partial charge is 0.480 e. The first kappa shape index (κ1) is 18.0. The van der Waals surface area contributed by atoms with Gasteiger partial charge in [0, 0.05) is 12.6 Å². The quantitative estimate of drug-likeness (QED) is 0.716. The first-order valence-electron chi connectivity index (χ1n) is 8.39. The summed E-state index contributed by atoms with van der Waals surface area (Å²) in [5, 5.41) is 7.46. The minimum atomic E-state index is -0.176. The highest BCUT2D eigenvalue weighted by Crippen LogP contribution is 2.12. The highest BCUT2D eigenvalue weighted by Gasteiger charge is 2.10. The van der Waals surface area contributed by atoms with Crippen LogP contribution in [0.5, 0.6) is 5.88 Å². The molecule has 1 aromatic heterocycles. The summed E-state index contributed by atoms with van der Waals surface area (Å²) in [6, 6.07) is 11.0. The summed E-state index contributed by atoms with van der Waals surface area (Å²) in [4.78, 5) is 15.0. The third-order valence-electron chi connectivity index (χ3n) is 3.96. The van der Waals surface area contributed by atoms with Crippen molar-refractivity contribution in [2.24, 2.45) is 0 Å². The Hall–Kier alpha value is -2.34. The van der Waals surface area contributed by atoms with Crippen molar-refractivity contribution in [1.82, 2.24) is 14.7 Å². The van der Waals surface area contributed by atoms with Crippen molar-refractivity contribution < 1.29 is 4.74 Å². The van der Waals surface area contributed by atoms with Crippen molar-refractivity contribution in [3.05, 3.63) is 46.8 Å². The van der Waals surface area contributed by atoms with Gasteiger partial charge in [-0.05, 0) is 38.2 Å². The summed E-state index contributed by atoms with van der Waals surface area (Å²) in [6.07, 6.45) is 0.969. The fraction of sp³-hybridized carbons (Fsp3) is 0.444. The Morgan fingerprint density at radius 1 is 1.21 bits per heavy atom. The van der Waals surface area contributed by atoms with Gasteiger partial charge >= 0.3 is 0 Å². The second-order valence-corrected chi connectivity index (χ2v) is 5.46. The van der Waals surface area contributed by atoms with E-state index in [4.69, 9.17) is 4.74 Å². The molecule has 0 atom stereocenters. The lowest BCUT2D eigenvalue weighted by atomic mass is 10.3. The summed E-state index contributed by atoms with van der Waals surface area (Å²) in [5.74, 6) is 0.407. The van der Waals surface area contributed by atoms with E-state index in [1.165, 1.54) is 4.68 Å². The van der Waals surface area contributed by atoms with E-state index in [1.54, 1.807) is 13.2 Å². The molecule has 0 saturated carbocycles. The molecule has 2 rings (SSSR count). The lowest BCUT2D eigenvalue weighted by molar-refractivity contribution is 0.303. The first-order chi connectivity index (χ1) is 11.7. The average molecular weight is 330 g/mol. The van der Waals surface area contributed by atoms with Crippen LogP contribution in [-0.4, -0.2) is 48.0 Å². The van der Waals surface area contributed by atoms with Gasteiger partial charge in [-0.25, -0.2) is 0 Å². The van der Waals surface area contributed by atoms with Crippen molar-refractivity contribution >= 4 is 5.69 Å². The number of nitrogens with zero attached hydrogens (tertiary/aromatic N) is 3. The molecule has 1 heterocycles. The van der Waals surface area contributed by atoms with Gasteiger partial charge in [-0.2, -0.15) is 4.68 Å². The van der Waals surface area contributed by atoms with Crippen LogP contribution in [0.25, 0.3) is 5.69 Å². The van der Waals surface area contributed by atoms with E-state index >= 15 is 0 Å². The highest BCUT2D eigenvalue weighted by atomic mass is 16.5. The molecule has 6 nitrogen and oxygen atoms in total. The minimum Gasteiger partial charge on any atom is -0.480 e. The number of para-hydroxylation sites is 1. The number of ether oxygens (including phenoxy) is 1. The van der Waals surface area contributed by atoms with Crippen LogP contribution in [0, 0.1) is 0 Å². The van der Waals surface area contributed by atoms with Crippen LogP contribution in [0.3, 0.4) is 0 Å². The van der Waals surface area contributed by atoms with E-state index in [2.05, 4.69) is 29.2 Å². The smallest absolute Gasteiger partial charge is 0.295 e. The lowest BCUT2D eigenvalue weighted by Crippen LogP contribution is -2.27. The van der Waals surface area contributed by atoms with Gasteiger partial charge in [0.2, 0.25) is 5.88 Å². The molecular formula is C18H26N4O2. The van der Waals surface area contributed by atoms with Crippen LogP contribution in [0.15, 0.2) is 41.2 Å². The molecule has 1 aromatic carbocycles. The molecule has 0 spiro atoms. The molecule has 24 heavy (non-hydrogen) atoms. The van der Waals surface area contributed by atoms with E-state index in [-0.39, 0.29) is 5.56 Å². The molecule has 130 valence electrons. The molecule has 0 fully saturated rings. The summed E-state index contributed by atoms with van der Waals surface area (Å²) < 4.78 is 6.60. The van der Waals surface area contributed by atoms with Crippen molar-refractivity contribution in [2.45, 2.75) is 20.3 Å². The van der Waals surface area contributed by atoms with Gasteiger partial charge in [0.1, 0.15) is 5.69 Å². The topological polar surface area (TPSA) is 59.4 Å². The predicted octanol–water partition coefficient (Wildman–Crippen LogP) is 2.38. The molecule has 0 aliphatic heterocycles. The molecule has 1 N–H and O–H groups in total. The van der Waals surface area contributed by atoms with Crippen LogP contribution in [0.4, 0.5) is 5.69 Å². The Bertz CT molecular complexity index is 681. The van der Waals surface area contributed by atoms with Gasteiger partial charge in [0.05, 0.1) is 12.8 Å². The van der Waals surface area contributed by atoms with Crippen molar-refractivity contribution in [1.29, 1.82) is 0 Å². The number of anilines is 1. The molecule has 0 bridgehead atoms. The molecule has 0 aliphatic rings. The molecule has 0 amide bonds. The number of aromatic nitrogens is 2. The van der Waals surface area contributed by atoms with Crippen LogP contribution in [-0.2, 0) is 0 Å². The Labute approximate surface area is 143 Å². The number of hydrogen-bond donors (Lipinski definition) is 1. The number of benzene rings is 1. The maximum absolute atomic E-state index is 12.6. The monoisotopic (exact) mass is 330 g/mol. The zero-order valence-corrected chi connectivity index (χ0v) is 14.7. The zero-order chi connectivity index (χ0) is 17.4. The molecule has 2 aromatic rings. The number of rotatable bonds is 9. The molecule has 0 unspecified atom stereocenters. The van der Waals surface area contributed by atoms with E-state index < -0.39 is 0 Å². The summed E-state index contributed by atoms with van der Waals surface area (Å²) in [6.45, 7) is 8.13. The predicted molar refractivity (Wildman–Crippen MR) is 97.3 cm³/mol. The van der Waals surface area contributed by atoms with Crippen LogP contribution < -0.4 is 15.6 Å². The summed E-state index contributed by atoms with van der Waals surface area (Å²) in [5.41, 5.74) is 1.04. The van der Waals surface area contributed by atoms with Crippen molar-refractivity contribution in [3.63, 3.8) is 0 Å². The first-order valence-corrected chi connectivity index (χ1v) is 8.39. The van der Waals surface area contributed by atoms with Gasteiger partial charge in [0.15, 0.2) is 0 Å². The van der Waals surface area contributed by atoms with E-state index in [1.807, 2.05) is 30.3 Å². The zero-order valence-electron chi connectivity index (χ0n) is 14.7. The SMILES string of the molecule is CCN(CC)CCCNc1cc(OC)nn(-c2ccccc2)c1=O. The summed E-state index contributed by atoms with van der Waals surface area (Å²) in [7, 11) is 1.55. The molecule has 0 saturated heterocycles. The lowest BCUT2D eigenvalue weighted by Gasteiger charge is -2.18. The van der Waals surface area contributed by atoms with E-state index in [0.717, 1.165) is 32.6 Å². The molecule has 0 radical (unpaired) electrons. The molecular weight excluding hydrogens is 304 g/mol. The maximum Gasteiger partial charge on any atom is 0.295 e. The van der Waals surface area contributed by atoms with Gasteiger partial charge in [-0.15, -0.1) is 5.10 Å². The minimum absolute atomic E-state index is 0.176. The average Bonchev–Trinajstić information content (AvgIpc) is 2.63. The second kappa shape index (κ2) is 9.08. The number of nitrogens with one attached hydrogen (secondary N) is 1. The van der Waals surface area contributed by atoms with Gasteiger partial charge < -0.3 is 15.0 Å². The Morgan fingerprint density at radius 2 is 1.92 bits per heavy atom. The Kier molecular flexibility index (Phi) is 6.81. The van der Waals surface area contributed by atoms with Crippen LogP contribution in [0.2, 0.25) is 0 Å². The standard InChI is InChI=1S/C18H26N4O2/c1-4-21(5-2)13-9-12-19-16-14-17(24-3)20-22(18(16)23)15-10-7-6-8-11-15/h6-8,10-11,14,19H,4-5,9,12-13H2,1-3H3.